The highest BCUT2D eigenvalue weighted by Gasteiger charge is 2.21. The van der Waals surface area contributed by atoms with Crippen molar-refractivity contribution in [1.82, 2.24) is 0 Å². The lowest BCUT2D eigenvalue weighted by molar-refractivity contribution is -0.151. The highest BCUT2D eigenvalue weighted by Crippen LogP contribution is 2.19. The van der Waals surface area contributed by atoms with E-state index >= 15 is 0 Å². The molecule has 4 heteroatoms. The van der Waals surface area contributed by atoms with E-state index in [1.807, 2.05) is 6.92 Å². The molecule has 1 aromatic rings. The van der Waals surface area contributed by atoms with Crippen LogP contribution in [0.25, 0.3) is 0 Å². The van der Waals surface area contributed by atoms with Crippen LogP contribution in [0.3, 0.4) is 0 Å². The zero-order chi connectivity index (χ0) is 13.5. The van der Waals surface area contributed by atoms with E-state index in [-0.39, 0.29) is 5.82 Å². The lowest BCUT2D eigenvalue weighted by Gasteiger charge is -2.17. The molecular formula is C14H19FO3. The highest BCUT2D eigenvalue weighted by atomic mass is 19.1. The Hall–Kier alpha value is -1.58. The Morgan fingerprint density at radius 3 is 2.67 bits per heavy atom. The van der Waals surface area contributed by atoms with Crippen molar-refractivity contribution in [3.8, 4) is 5.75 Å². The van der Waals surface area contributed by atoms with Crippen molar-refractivity contribution in [2.75, 3.05) is 6.61 Å². The van der Waals surface area contributed by atoms with E-state index in [0.717, 1.165) is 6.42 Å². The van der Waals surface area contributed by atoms with E-state index in [1.165, 1.54) is 6.07 Å². The first kappa shape index (κ1) is 14.5. The number of hydrogen-bond acceptors (Lipinski definition) is 3. The number of ether oxygens (including phenoxy) is 2. The second kappa shape index (κ2) is 6.99. The average molecular weight is 254 g/mol. The zero-order valence-corrected chi connectivity index (χ0v) is 11.0. The van der Waals surface area contributed by atoms with Crippen LogP contribution in [0.4, 0.5) is 4.39 Å². The third-order valence-corrected chi connectivity index (χ3v) is 2.52. The fraction of sp³-hybridized carbons (Fsp3) is 0.500. The molecule has 0 aromatic heterocycles. The molecule has 1 atom stereocenters. The molecule has 0 aliphatic rings. The molecule has 0 radical (unpaired) electrons. The van der Waals surface area contributed by atoms with Gasteiger partial charge in [-0.15, -0.1) is 0 Å². The SMILES string of the molecule is CCCC(Oc1ccc(C)c(F)c1)C(=O)OCC. The molecule has 0 aliphatic heterocycles. The van der Waals surface area contributed by atoms with Crippen molar-refractivity contribution in [3.05, 3.63) is 29.6 Å². The smallest absolute Gasteiger partial charge is 0.347 e. The Balaban J connectivity index is 2.76. The van der Waals surface area contributed by atoms with Gasteiger partial charge in [-0.2, -0.15) is 0 Å². The van der Waals surface area contributed by atoms with Crippen LogP contribution >= 0.6 is 0 Å². The summed E-state index contributed by atoms with van der Waals surface area (Å²) in [6, 6.07) is 4.57. The van der Waals surface area contributed by atoms with Crippen molar-refractivity contribution in [2.45, 2.75) is 39.7 Å². The summed E-state index contributed by atoms with van der Waals surface area (Å²) < 4.78 is 23.8. The van der Waals surface area contributed by atoms with Crippen LogP contribution < -0.4 is 4.74 Å². The van der Waals surface area contributed by atoms with Gasteiger partial charge in [0, 0.05) is 6.07 Å². The number of hydrogen-bond donors (Lipinski definition) is 0. The Bertz CT molecular complexity index is 404. The molecule has 0 N–H and O–H groups in total. The van der Waals surface area contributed by atoms with Gasteiger partial charge in [-0.25, -0.2) is 9.18 Å². The minimum Gasteiger partial charge on any atom is -0.479 e. The first-order chi connectivity index (χ1) is 8.58. The van der Waals surface area contributed by atoms with E-state index in [2.05, 4.69) is 0 Å². The molecule has 0 aliphatic carbocycles. The van der Waals surface area contributed by atoms with Crippen LogP contribution in [0.1, 0.15) is 32.3 Å². The van der Waals surface area contributed by atoms with Crippen LogP contribution in [0.15, 0.2) is 18.2 Å². The zero-order valence-electron chi connectivity index (χ0n) is 11.0. The Kier molecular flexibility index (Phi) is 5.62. The van der Waals surface area contributed by atoms with Gasteiger partial charge in [0.1, 0.15) is 11.6 Å². The van der Waals surface area contributed by atoms with Crippen molar-refractivity contribution in [3.63, 3.8) is 0 Å². The fourth-order valence-corrected chi connectivity index (χ4v) is 1.53. The van der Waals surface area contributed by atoms with Crippen molar-refractivity contribution in [2.24, 2.45) is 0 Å². The first-order valence-electron chi connectivity index (χ1n) is 6.17. The van der Waals surface area contributed by atoms with Gasteiger partial charge in [0.2, 0.25) is 0 Å². The predicted octanol–water partition coefficient (Wildman–Crippen LogP) is 3.24. The van der Waals surface area contributed by atoms with Crippen molar-refractivity contribution in [1.29, 1.82) is 0 Å². The maximum absolute atomic E-state index is 13.4. The maximum Gasteiger partial charge on any atom is 0.347 e. The molecule has 1 aromatic carbocycles. The summed E-state index contributed by atoms with van der Waals surface area (Å²) in [6.45, 7) is 5.68. The number of rotatable bonds is 6. The molecule has 1 rings (SSSR count). The summed E-state index contributed by atoms with van der Waals surface area (Å²) >= 11 is 0. The van der Waals surface area contributed by atoms with Gasteiger partial charge in [-0.1, -0.05) is 19.4 Å². The molecule has 0 saturated carbocycles. The fourth-order valence-electron chi connectivity index (χ4n) is 1.53. The molecule has 0 fully saturated rings. The van der Waals surface area contributed by atoms with E-state index in [4.69, 9.17) is 9.47 Å². The molecule has 3 nitrogen and oxygen atoms in total. The van der Waals surface area contributed by atoms with Crippen LogP contribution in [0.2, 0.25) is 0 Å². The third-order valence-electron chi connectivity index (χ3n) is 2.52. The normalized spacial score (nSPS) is 12.0. The Labute approximate surface area is 107 Å². The van der Waals surface area contributed by atoms with Gasteiger partial charge in [-0.05, 0) is 31.9 Å². The molecule has 18 heavy (non-hydrogen) atoms. The molecule has 0 amide bonds. The van der Waals surface area contributed by atoms with Crippen LogP contribution in [-0.4, -0.2) is 18.7 Å². The second-order valence-corrected chi connectivity index (χ2v) is 4.06. The quantitative estimate of drug-likeness (QED) is 0.731. The summed E-state index contributed by atoms with van der Waals surface area (Å²) in [5.41, 5.74) is 0.547. The topological polar surface area (TPSA) is 35.5 Å². The van der Waals surface area contributed by atoms with E-state index in [1.54, 1.807) is 26.0 Å². The molecule has 0 heterocycles. The molecule has 0 spiro atoms. The summed E-state index contributed by atoms with van der Waals surface area (Å²) in [4.78, 5) is 11.6. The number of esters is 1. The monoisotopic (exact) mass is 254 g/mol. The van der Waals surface area contributed by atoms with Gasteiger partial charge in [0.15, 0.2) is 6.10 Å². The van der Waals surface area contributed by atoms with Crippen LogP contribution in [0, 0.1) is 12.7 Å². The van der Waals surface area contributed by atoms with Crippen LogP contribution in [0.5, 0.6) is 5.75 Å². The van der Waals surface area contributed by atoms with Gasteiger partial charge in [-0.3, -0.25) is 0 Å². The largest absolute Gasteiger partial charge is 0.479 e. The highest BCUT2D eigenvalue weighted by molar-refractivity contribution is 5.75. The summed E-state index contributed by atoms with van der Waals surface area (Å²) in [5.74, 6) is -0.392. The second-order valence-electron chi connectivity index (χ2n) is 4.06. The summed E-state index contributed by atoms with van der Waals surface area (Å²) in [5, 5.41) is 0. The molecule has 0 saturated heterocycles. The standard InChI is InChI=1S/C14H19FO3/c1-4-6-13(14(16)17-5-2)18-11-8-7-10(3)12(15)9-11/h7-9,13H,4-6H2,1-3H3. The van der Waals surface area contributed by atoms with E-state index < -0.39 is 12.1 Å². The van der Waals surface area contributed by atoms with Crippen molar-refractivity contribution < 1.29 is 18.7 Å². The maximum atomic E-state index is 13.4. The van der Waals surface area contributed by atoms with E-state index in [9.17, 15) is 9.18 Å². The van der Waals surface area contributed by atoms with Gasteiger partial charge < -0.3 is 9.47 Å². The minimum absolute atomic E-state index is 0.310. The lowest BCUT2D eigenvalue weighted by Crippen LogP contribution is -2.29. The lowest BCUT2D eigenvalue weighted by atomic mass is 10.2. The third kappa shape index (κ3) is 4.02. The average Bonchev–Trinajstić information content (AvgIpc) is 2.33. The van der Waals surface area contributed by atoms with Gasteiger partial charge in [0.25, 0.3) is 0 Å². The van der Waals surface area contributed by atoms with Crippen LogP contribution in [-0.2, 0) is 9.53 Å². The Morgan fingerprint density at radius 2 is 2.11 bits per heavy atom. The summed E-state index contributed by atoms with van der Waals surface area (Å²) in [6.07, 6.45) is 0.670. The van der Waals surface area contributed by atoms with Gasteiger partial charge in [0.05, 0.1) is 6.61 Å². The predicted molar refractivity (Wildman–Crippen MR) is 67.1 cm³/mol. The molecule has 1 unspecified atom stereocenters. The molecule has 100 valence electrons. The molecular weight excluding hydrogens is 235 g/mol. The minimum atomic E-state index is -0.669. The summed E-state index contributed by atoms with van der Waals surface area (Å²) in [7, 11) is 0. The number of benzene rings is 1. The number of halogens is 1. The van der Waals surface area contributed by atoms with E-state index in [0.29, 0.717) is 24.3 Å². The number of carbonyl (C=O) groups is 1. The van der Waals surface area contributed by atoms with Crippen molar-refractivity contribution >= 4 is 5.97 Å². The molecule has 0 bridgehead atoms. The number of carbonyl (C=O) groups excluding carboxylic acids is 1. The first-order valence-corrected chi connectivity index (χ1v) is 6.17. The van der Waals surface area contributed by atoms with Gasteiger partial charge >= 0.3 is 5.97 Å². The number of aryl methyl sites for hydroxylation is 1. The Morgan fingerprint density at radius 1 is 1.39 bits per heavy atom.